The number of hydrogen-bond donors (Lipinski definition) is 2. The van der Waals surface area contributed by atoms with E-state index >= 15 is 0 Å². The average molecular weight is 399 g/mol. The van der Waals surface area contributed by atoms with E-state index in [0.717, 1.165) is 16.8 Å². The van der Waals surface area contributed by atoms with E-state index in [1.165, 1.54) is 0 Å². The smallest absolute Gasteiger partial charge is 0.288 e. The summed E-state index contributed by atoms with van der Waals surface area (Å²) in [4.78, 5) is 34.1. The van der Waals surface area contributed by atoms with Gasteiger partial charge in [0.2, 0.25) is 5.82 Å². The van der Waals surface area contributed by atoms with Gasteiger partial charge in [-0.15, -0.1) is 0 Å². The number of aryl methyl sites for hydroxylation is 1. The van der Waals surface area contributed by atoms with E-state index in [9.17, 15) is 9.59 Å². The maximum absolute atomic E-state index is 12.8. The van der Waals surface area contributed by atoms with Crippen molar-refractivity contribution in [1.29, 1.82) is 0 Å². The lowest BCUT2D eigenvalue weighted by Gasteiger charge is -2.05. The Bertz CT molecular complexity index is 1200. The zero-order valence-corrected chi connectivity index (χ0v) is 16.5. The van der Waals surface area contributed by atoms with Crippen molar-refractivity contribution in [2.75, 3.05) is 0 Å². The molecule has 0 atom stereocenters. The van der Waals surface area contributed by atoms with Crippen LogP contribution in [-0.2, 0) is 13.1 Å². The monoisotopic (exact) mass is 399 g/mol. The summed E-state index contributed by atoms with van der Waals surface area (Å²) >= 11 is 0. The van der Waals surface area contributed by atoms with Crippen molar-refractivity contribution in [2.24, 2.45) is 0 Å². The zero-order chi connectivity index (χ0) is 20.9. The van der Waals surface area contributed by atoms with Crippen molar-refractivity contribution >= 4 is 17.3 Å². The molecule has 0 aliphatic carbocycles. The highest BCUT2D eigenvalue weighted by Crippen LogP contribution is 2.14. The molecule has 7 heteroatoms. The van der Waals surface area contributed by atoms with E-state index in [2.05, 4.69) is 20.6 Å². The van der Waals surface area contributed by atoms with E-state index in [1.54, 1.807) is 28.9 Å². The summed E-state index contributed by atoms with van der Waals surface area (Å²) in [6.07, 6.45) is 3.39. The molecular formula is C23H21N5O2. The first-order chi connectivity index (χ1) is 14.6. The van der Waals surface area contributed by atoms with Gasteiger partial charge in [-0.25, -0.2) is 4.98 Å². The van der Waals surface area contributed by atoms with Crippen LogP contribution in [0.1, 0.15) is 37.9 Å². The first-order valence-corrected chi connectivity index (χ1v) is 9.61. The Morgan fingerprint density at radius 3 is 2.57 bits per heavy atom. The van der Waals surface area contributed by atoms with Crippen molar-refractivity contribution in [3.8, 4) is 0 Å². The third kappa shape index (κ3) is 4.20. The highest BCUT2D eigenvalue weighted by molar-refractivity contribution is 6.02. The van der Waals surface area contributed by atoms with Crippen LogP contribution in [0.4, 0.5) is 0 Å². The van der Waals surface area contributed by atoms with Crippen LogP contribution in [0.25, 0.3) is 5.52 Å². The van der Waals surface area contributed by atoms with Gasteiger partial charge in [0.25, 0.3) is 11.8 Å². The van der Waals surface area contributed by atoms with Crippen molar-refractivity contribution in [1.82, 2.24) is 25.0 Å². The number of rotatable bonds is 6. The maximum Gasteiger partial charge on any atom is 0.288 e. The third-order valence-corrected chi connectivity index (χ3v) is 4.66. The van der Waals surface area contributed by atoms with Gasteiger partial charge in [0, 0.05) is 18.9 Å². The van der Waals surface area contributed by atoms with E-state index in [-0.39, 0.29) is 29.9 Å². The summed E-state index contributed by atoms with van der Waals surface area (Å²) in [5.41, 5.74) is 3.65. The van der Waals surface area contributed by atoms with Gasteiger partial charge in [-0.3, -0.25) is 19.0 Å². The molecule has 3 heterocycles. The Hall–Kier alpha value is -4.00. The first kappa shape index (κ1) is 19.3. The van der Waals surface area contributed by atoms with Crippen LogP contribution in [-0.4, -0.2) is 26.2 Å². The van der Waals surface area contributed by atoms with Gasteiger partial charge in [-0.2, -0.15) is 0 Å². The standard InChI is InChI=1S/C23H21N5O2/c1-16-7-6-8-17(13-16)14-25-22(29)20-19-10-3-5-12-28(19)21(27-20)23(30)26-15-18-9-2-4-11-24-18/h2-13H,14-15H2,1H3,(H,25,29)(H,26,30). The largest absolute Gasteiger partial charge is 0.347 e. The van der Waals surface area contributed by atoms with Crippen LogP contribution in [0.15, 0.2) is 73.1 Å². The third-order valence-electron chi connectivity index (χ3n) is 4.66. The van der Waals surface area contributed by atoms with Crippen molar-refractivity contribution in [3.63, 3.8) is 0 Å². The molecule has 0 aliphatic heterocycles. The number of nitrogens with one attached hydrogen (secondary N) is 2. The predicted molar refractivity (Wildman–Crippen MR) is 113 cm³/mol. The topological polar surface area (TPSA) is 88.4 Å². The molecular weight excluding hydrogens is 378 g/mol. The number of imidazole rings is 1. The molecule has 0 fully saturated rings. The molecule has 7 nitrogen and oxygen atoms in total. The Kier molecular flexibility index (Phi) is 5.52. The number of hydrogen-bond acceptors (Lipinski definition) is 4. The van der Waals surface area contributed by atoms with Crippen LogP contribution in [0, 0.1) is 6.92 Å². The lowest BCUT2D eigenvalue weighted by molar-refractivity contribution is 0.0939. The van der Waals surface area contributed by atoms with Gasteiger partial charge in [-0.1, -0.05) is 42.0 Å². The van der Waals surface area contributed by atoms with Gasteiger partial charge >= 0.3 is 0 Å². The SMILES string of the molecule is Cc1cccc(CNC(=O)c2nc(C(=O)NCc3ccccn3)n3ccccc23)c1. The Labute approximate surface area is 173 Å². The zero-order valence-electron chi connectivity index (χ0n) is 16.5. The fourth-order valence-corrected chi connectivity index (χ4v) is 3.21. The van der Waals surface area contributed by atoms with E-state index in [4.69, 9.17) is 0 Å². The normalized spacial score (nSPS) is 10.7. The molecule has 2 amide bonds. The van der Waals surface area contributed by atoms with Crippen LogP contribution >= 0.6 is 0 Å². The lowest BCUT2D eigenvalue weighted by Crippen LogP contribution is -2.26. The lowest BCUT2D eigenvalue weighted by atomic mass is 10.1. The number of nitrogens with zero attached hydrogens (tertiary/aromatic N) is 3. The van der Waals surface area contributed by atoms with E-state index in [1.807, 2.05) is 55.5 Å². The van der Waals surface area contributed by atoms with Crippen molar-refractivity contribution < 1.29 is 9.59 Å². The van der Waals surface area contributed by atoms with Gasteiger partial charge in [-0.05, 0) is 36.8 Å². The van der Waals surface area contributed by atoms with Gasteiger partial charge < -0.3 is 10.6 Å². The minimum absolute atomic E-state index is 0.155. The Morgan fingerprint density at radius 1 is 0.933 bits per heavy atom. The van der Waals surface area contributed by atoms with Gasteiger partial charge in [0.1, 0.15) is 0 Å². The van der Waals surface area contributed by atoms with Gasteiger partial charge in [0.05, 0.1) is 17.8 Å². The molecule has 0 spiro atoms. The number of carbonyl (C=O) groups is 2. The predicted octanol–water partition coefficient (Wildman–Crippen LogP) is 2.90. The summed E-state index contributed by atoms with van der Waals surface area (Å²) in [6.45, 7) is 2.66. The summed E-state index contributed by atoms with van der Waals surface area (Å²) in [5, 5.41) is 5.70. The number of fused-ring (bicyclic) bond motifs is 1. The summed E-state index contributed by atoms with van der Waals surface area (Å²) in [5.74, 6) is -0.550. The van der Waals surface area contributed by atoms with Crippen molar-refractivity contribution in [3.05, 3.63) is 101 Å². The molecule has 1 aromatic carbocycles. The minimum atomic E-state index is -0.375. The highest BCUT2D eigenvalue weighted by atomic mass is 16.2. The van der Waals surface area contributed by atoms with Crippen LogP contribution in [0.2, 0.25) is 0 Å². The molecule has 4 rings (SSSR count). The summed E-state index contributed by atoms with van der Waals surface area (Å²) in [6, 6.07) is 18.8. The number of pyridine rings is 2. The molecule has 0 bridgehead atoms. The Morgan fingerprint density at radius 2 is 1.77 bits per heavy atom. The van der Waals surface area contributed by atoms with Crippen LogP contribution in [0.3, 0.4) is 0 Å². The fraction of sp³-hybridized carbons (Fsp3) is 0.130. The van der Waals surface area contributed by atoms with E-state index in [0.29, 0.717) is 12.1 Å². The maximum atomic E-state index is 12.8. The molecule has 150 valence electrons. The second kappa shape index (κ2) is 8.57. The minimum Gasteiger partial charge on any atom is -0.347 e. The summed E-state index contributed by atoms with van der Waals surface area (Å²) in [7, 11) is 0. The molecule has 0 unspecified atom stereocenters. The van der Waals surface area contributed by atoms with Crippen LogP contribution < -0.4 is 10.6 Å². The highest BCUT2D eigenvalue weighted by Gasteiger charge is 2.21. The average Bonchev–Trinajstić information content (AvgIpc) is 3.17. The molecule has 3 aromatic heterocycles. The second-order valence-corrected chi connectivity index (χ2v) is 6.92. The Balaban J connectivity index is 1.54. The molecule has 0 saturated carbocycles. The fourth-order valence-electron chi connectivity index (χ4n) is 3.21. The first-order valence-electron chi connectivity index (χ1n) is 9.61. The van der Waals surface area contributed by atoms with Crippen molar-refractivity contribution in [2.45, 2.75) is 20.0 Å². The number of amides is 2. The quantitative estimate of drug-likeness (QED) is 0.522. The van der Waals surface area contributed by atoms with Gasteiger partial charge in [0.15, 0.2) is 5.69 Å². The molecule has 4 aromatic rings. The molecule has 0 radical (unpaired) electrons. The molecule has 0 aliphatic rings. The van der Waals surface area contributed by atoms with E-state index < -0.39 is 0 Å². The number of carbonyl (C=O) groups excluding carboxylic acids is 2. The molecule has 0 saturated heterocycles. The molecule has 30 heavy (non-hydrogen) atoms. The molecule has 2 N–H and O–H groups in total. The number of aromatic nitrogens is 3. The number of benzene rings is 1. The second-order valence-electron chi connectivity index (χ2n) is 6.92. The van der Waals surface area contributed by atoms with Crippen LogP contribution in [0.5, 0.6) is 0 Å². The summed E-state index contributed by atoms with van der Waals surface area (Å²) < 4.78 is 1.62.